The van der Waals surface area contributed by atoms with Gasteiger partial charge in [0.05, 0.1) is 13.2 Å². The van der Waals surface area contributed by atoms with Crippen LogP contribution in [-0.4, -0.2) is 4.68 Å². The van der Waals surface area contributed by atoms with E-state index in [4.69, 9.17) is 0 Å². The molecule has 0 aliphatic heterocycles. The predicted octanol–water partition coefficient (Wildman–Crippen LogP) is -2.84. The standard InChI is InChI=1S/C6H11N2.HI/c1-6-4-7(2)8(3)5-6;/h4-5H,1-3H3;1H/q+1;/p-1. The molecule has 0 saturated carbocycles. The Hall–Kier alpha value is -0.0600. The smallest absolute Gasteiger partial charge is 0.198 e. The van der Waals surface area contributed by atoms with Gasteiger partial charge in [-0.25, -0.2) is 0 Å². The lowest BCUT2D eigenvalue weighted by Gasteiger charge is -1.82. The molecule has 0 spiro atoms. The SMILES string of the molecule is Cc1cn(C)[n+](C)c1.[I-]. The van der Waals surface area contributed by atoms with Gasteiger partial charge in [-0.2, -0.15) is 4.68 Å². The van der Waals surface area contributed by atoms with Crippen LogP contribution in [0.2, 0.25) is 0 Å². The van der Waals surface area contributed by atoms with Gasteiger partial charge in [0.2, 0.25) is 0 Å². The number of halogens is 1. The molecule has 0 fully saturated rings. The van der Waals surface area contributed by atoms with Crippen LogP contribution in [0.15, 0.2) is 12.4 Å². The van der Waals surface area contributed by atoms with Crippen molar-refractivity contribution in [1.29, 1.82) is 0 Å². The van der Waals surface area contributed by atoms with Gasteiger partial charge in [-0.05, 0) is 6.92 Å². The zero-order valence-electron chi connectivity index (χ0n) is 5.93. The van der Waals surface area contributed by atoms with Crippen LogP contribution in [0, 0.1) is 6.92 Å². The largest absolute Gasteiger partial charge is 1.00 e. The second kappa shape index (κ2) is 3.20. The minimum absolute atomic E-state index is 0. The molecule has 1 rings (SSSR count). The third-order valence-electron chi connectivity index (χ3n) is 1.28. The molecule has 3 heteroatoms. The van der Waals surface area contributed by atoms with E-state index in [-0.39, 0.29) is 24.0 Å². The lowest BCUT2D eigenvalue weighted by Crippen LogP contribution is -3.00. The molecule has 0 unspecified atom stereocenters. The van der Waals surface area contributed by atoms with E-state index in [1.807, 2.05) is 23.5 Å². The molecule has 0 atom stereocenters. The number of aromatic nitrogens is 2. The Balaban J connectivity index is 0.000000640. The molecule has 1 aromatic heterocycles. The summed E-state index contributed by atoms with van der Waals surface area (Å²) in [6.45, 7) is 2.08. The number of hydrogen-bond donors (Lipinski definition) is 0. The lowest BCUT2D eigenvalue weighted by molar-refractivity contribution is -0.751. The highest BCUT2D eigenvalue weighted by atomic mass is 127. The van der Waals surface area contributed by atoms with Crippen LogP contribution in [0.5, 0.6) is 0 Å². The highest BCUT2D eigenvalue weighted by molar-refractivity contribution is 4.94. The molecule has 0 bridgehead atoms. The van der Waals surface area contributed by atoms with E-state index in [2.05, 4.69) is 19.3 Å². The van der Waals surface area contributed by atoms with Gasteiger partial charge in [0.1, 0.15) is 0 Å². The summed E-state index contributed by atoms with van der Waals surface area (Å²) in [4.78, 5) is 0. The highest BCUT2D eigenvalue weighted by Gasteiger charge is 1.97. The molecule has 0 aromatic carbocycles. The van der Waals surface area contributed by atoms with E-state index in [9.17, 15) is 0 Å². The molecule has 0 aliphatic rings. The van der Waals surface area contributed by atoms with Gasteiger partial charge in [0.15, 0.2) is 13.2 Å². The normalized spacial score (nSPS) is 8.78. The number of nitrogens with zero attached hydrogens (tertiary/aromatic N) is 2. The molecule has 2 nitrogen and oxygen atoms in total. The molecule has 0 amide bonds. The topological polar surface area (TPSA) is 8.81 Å². The summed E-state index contributed by atoms with van der Waals surface area (Å²) in [6.07, 6.45) is 4.17. The zero-order valence-corrected chi connectivity index (χ0v) is 8.08. The Bertz CT molecular complexity index is 173. The first-order valence-electron chi connectivity index (χ1n) is 2.69. The summed E-state index contributed by atoms with van der Waals surface area (Å²) < 4.78 is 4.07. The molecule has 0 radical (unpaired) electrons. The summed E-state index contributed by atoms with van der Waals surface area (Å²) in [5, 5.41) is 0. The van der Waals surface area contributed by atoms with E-state index in [1.54, 1.807) is 0 Å². The number of hydrogen-bond acceptors (Lipinski definition) is 0. The van der Waals surface area contributed by atoms with Crippen LogP contribution in [0.1, 0.15) is 5.56 Å². The fourth-order valence-electron chi connectivity index (χ4n) is 0.805. The average molecular weight is 238 g/mol. The van der Waals surface area contributed by atoms with Crippen molar-refractivity contribution in [3.63, 3.8) is 0 Å². The van der Waals surface area contributed by atoms with E-state index in [0.717, 1.165) is 0 Å². The monoisotopic (exact) mass is 238 g/mol. The molecule has 1 aromatic rings. The minimum Gasteiger partial charge on any atom is -1.00 e. The van der Waals surface area contributed by atoms with Crippen LogP contribution >= 0.6 is 0 Å². The Morgan fingerprint density at radius 1 is 1.56 bits per heavy atom. The average Bonchev–Trinajstić information content (AvgIpc) is 1.85. The van der Waals surface area contributed by atoms with Gasteiger partial charge < -0.3 is 24.0 Å². The Morgan fingerprint density at radius 3 is 2.22 bits per heavy atom. The third-order valence-corrected chi connectivity index (χ3v) is 1.28. The van der Waals surface area contributed by atoms with E-state index in [0.29, 0.717) is 0 Å². The van der Waals surface area contributed by atoms with Gasteiger partial charge in [-0.3, -0.25) is 0 Å². The van der Waals surface area contributed by atoms with Crippen LogP contribution in [0.4, 0.5) is 0 Å². The van der Waals surface area contributed by atoms with E-state index >= 15 is 0 Å². The maximum absolute atomic E-state index is 2.08. The first kappa shape index (κ1) is 8.94. The summed E-state index contributed by atoms with van der Waals surface area (Å²) in [6, 6.07) is 0. The molecule has 52 valence electrons. The number of rotatable bonds is 0. The van der Waals surface area contributed by atoms with Gasteiger partial charge in [-0.15, -0.1) is 4.68 Å². The summed E-state index contributed by atoms with van der Waals surface area (Å²) >= 11 is 0. The first-order chi connectivity index (χ1) is 3.70. The molecular weight excluding hydrogens is 227 g/mol. The van der Waals surface area contributed by atoms with E-state index < -0.39 is 0 Å². The van der Waals surface area contributed by atoms with Gasteiger partial charge in [-0.1, -0.05) is 0 Å². The van der Waals surface area contributed by atoms with Crippen molar-refractivity contribution in [3.8, 4) is 0 Å². The Kier molecular flexibility index (Phi) is 3.17. The van der Waals surface area contributed by atoms with Crippen molar-refractivity contribution in [2.75, 3.05) is 0 Å². The lowest BCUT2D eigenvalue weighted by atomic mass is 10.4. The fourth-order valence-corrected chi connectivity index (χ4v) is 0.805. The molecule has 0 saturated heterocycles. The highest BCUT2D eigenvalue weighted by Crippen LogP contribution is 1.86. The molecule has 1 heterocycles. The second-order valence-corrected chi connectivity index (χ2v) is 2.15. The zero-order chi connectivity index (χ0) is 6.15. The summed E-state index contributed by atoms with van der Waals surface area (Å²) in [7, 11) is 4.04. The fraction of sp³-hybridized carbons (Fsp3) is 0.500. The summed E-state index contributed by atoms with van der Waals surface area (Å²) in [5.74, 6) is 0. The second-order valence-electron chi connectivity index (χ2n) is 2.15. The summed E-state index contributed by atoms with van der Waals surface area (Å²) in [5.41, 5.74) is 1.30. The first-order valence-corrected chi connectivity index (χ1v) is 2.69. The van der Waals surface area contributed by atoms with Crippen LogP contribution in [0.25, 0.3) is 0 Å². The molecular formula is C6H11IN2. The molecule has 0 aliphatic carbocycles. The molecule has 9 heavy (non-hydrogen) atoms. The van der Waals surface area contributed by atoms with Gasteiger partial charge in [0.25, 0.3) is 0 Å². The van der Waals surface area contributed by atoms with Crippen molar-refractivity contribution in [2.24, 2.45) is 14.1 Å². The Morgan fingerprint density at radius 2 is 2.11 bits per heavy atom. The van der Waals surface area contributed by atoms with Gasteiger partial charge in [0, 0.05) is 5.56 Å². The van der Waals surface area contributed by atoms with Gasteiger partial charge >= 0.3 is 0 Å². The minimum atomic E-state index is 0. The van der Waals surface area contributed by atoms with Crippen molar-refractivity contribution < 1.29 is 28.7 Å². The van der Waals surface area contributed by atoms with Crippen molar-refractivity contribution >= 4 is 0 Å². The molecule has 0 N–H and O–H groups in total. The third kappa shape index (κ3) is 1.97. The van der Waals surface area contributed by atoms with Crippen molar-refractivity contribution in [2.45, 2.75) is 6.92 Å². The quantitative estimate of drug-likeness (QED) is 0.340. The predicted molar refractivity (Wildman–Crippen MR) is 31.3 cm³/mol. The van der Waals surface area contributed by atoms with Crippen molar-refractivity contribution in [1.82, 2.24) is 4.68 Å². The maximum Gasteiger partial charge on any atom is 0.198 e. The number of aryl methyl sites for hydroxylation is 3. The van der Waals surface area contributed by atoms with E-state index in [1.165, 1.54) is 5.56 Å². The maximum atomic E-state index is 2.08. The van der Waals surface area contributed by atoms with Crippen LogP contribution < -0.4 is 28.7 Å². The van der Waals surface area contributed by atoms with Crippen LogP contribution in [0.3, 0.4) is 0 Å². The Labute approximate surface area is 72.5 Å². The van der Waals surface area contributed by atoms with Crippen molar-refractivity contribution in [3.05, 3.63) is 18.0 Å². The van der Waals surface area contributed by atoms with Crippen LogP contribution in [-0.2, 0) is 14.1 Å².